The maximum absolute atomic E-state index is 12.7. The van der Waals surface area contributed by atoms with E-state index in [0.29, 0.717) is 44.3 Å². The molecule has 1 aromatic rings. The monoisotopic (exact) mass is 335 g/mol. The van der Waals surface area contributed by atoms with Crippen LogP contribution in [-0.4, -0.2) is 75.4 Å². The number of piperazine rings is 1. The fraction of sp³-hybridized carbons (Fsp3) is 0.750. The largest absolute Gasteiger partial charge is 0.340 e. The molecule has 2 aliphatic heterocycles. The third kappa shape index (κ3) is 3.58. The molecule has 3 rings (SSSR count). The van der Waals surface area contributed by atoms with Gasteiger partial charge >= 0.3 is 0 Å². The van der Waals surface area contributed by atoms with Crippen molar-refractivity contribution in [2.75, 3.05) is 32.7 Å². The number of aryl methyl sites for hydroxylation is 1. The van der Waals surface area contributed by atoms with Crippen LogP contribution in [0.25, 0.3) is 0 Å². The molecular formula is C16H25N5O3. The van der Waals surface area contributed by atoms with Gasteiger partial charge in [-0.25, -0.2) is 0 Å². The summed E-state index contributed by atoms with van der Waals surface area (Å²) in [5, 5.41) is 3.91. The quantitative estimate of drug-likeness (QED) is 0.786. The summed E-state index contributed by atoms with van der Waals surface area (Å²) in [4.78, 5) is 34.8. The van der Waals surface area contributed by atoms with Crippen LogP contribution in [0.5, 0.6) is 0 Å². The number of aromatic nitrogens is 2. The minimum atomic E-state index is -0.189. The van der Waals surface area contributed by atoms with Crippen LogP contribution in [0.15, 0.2) is 4.52 Å². The van der Waals surface area contributed by atoms with Crippen molar-refractivity contribution in [1.82, 2.24) is 24.8 Å². The van der Waals surface area contributed by atoms with Gasteiger partial charge < -0.3 is 14.3 Å². The first-order valence-electron chi connectivity index (χ1n) is 8.54. The van der Waals surface area contributed by atoms with Crippen LogP contribution >= 0.6 is 0 Å². The molecule has 0 aromatic carbocycles. The second-order valence-corrected chi connectivity index (χ2v) is 6.87. The van der Waals surface area contributed by atoms with Crippen LogP contribution in [0.2, 0.25) is 0 Å². The lowest BCUT2D eigenvalue weighted by molar-refractivity contribution is -0.137. The fourth-order valence-corrected chi connectivity index (χ4v) is 3.39. The Labute approximate surface area is 141 Å². The molecule has 1 aromatic heterocycles. The van der Waals surface area contributed by atoms with E-state index in [1.807, 2.05) is 18.7 Å². The topological polar surface area (TPSA) is 82.8 Å². The molecule has 0 saturated carbocycles. The molecule has 3 heterocycles. The number of hydrogen-bond acceptors (Lipinski definition) is 6. The smallest absolute Gasteiger partial charge is 0.228 e. The second kappa shape index (κ2) is 6.88. The van der Waals surface area contributed by atoms with E-state index in [-0.39, 0.29) is 23.8 Å². The summed E-state index contributed by atoms with van der Waals surface area (Å²) in [6, 6.07) is 0.158. The van der Waals surface area contributed by atoms with Gasteiger partial charge in [-0.3, -0.25) is 14.5 Å². The fourth-order valence-electron chi connectivity index (χ4n) is 3.39. The third-order valence-electron chi connectivity index (χ3n) is 4.75. The van der Waals surface area contributed by atoms with Crippen LogP contribution in [0, 0.1) is 12.8 Å². The molecule has 132 valence electrons. The van der Waals surface area contributed by atoms with Crippen LogP contribution < -0.4 is 0 Å². The van der Waals surface area contributed by atoms with E-state index < -0.39 is 0 Å². The van der Waals surface area contributed by atoms with Gasteiger partial charge in [0, 0.05) is 52.1 Å². The first kappa shape index (κ1) is 16.9. The Morgan fingerprint density at radius 2 is 2.00 bits per heavy atom. The van der Waals surface area contributed by atoms with Crippen molar-refractivity contribution < 1.29 is 14.1 Å². The van der Waals surface area contributed by atoms with E-state index in [1.54, 1.807) is 11.8 Å². The Kier molecular flexibility index (Phi) is 4.84. The molecule has 1 atom stereocenters. The molecular weight excluding hydrogens is 310 g/mol. The van der Waals surface area contributed by atoms with Gasteiger partial charge in [0.15, 0.2) is 5.82 Å². The van der Waals surface area contributed by atoms with Gasteiger partial charge in [0.2, 0.25) is 17.7 Å². The summed E-state index contributed by atoms with van der Waals surface area (Å²) in [5.74, 6) is 1.27. The molecule has 0 spiro atoms. The van der Waals surface area contributed by atoms with Gasteiger partial charge in [-0.2, -0.15) is 4.98 Å². The van der Waals surface area contributed by atoms with Gasteiger partial charge in [0.1, 0.15) is 0 Å². The van der Waals surface area contributed by atoms with Gasteiger partial charge in [0.05, 0.1) is 12.5 Å². The normalized spacial score (nSPS) is 22.7. The summed E-state index contributed by atoms with van der Waals surface area (Å²) in [5.41, 5.74) is 0. The highest BCUT2D eigenvalue weighted by Crippen LogP contribution is 2.22. The Morgan fingerprint density at radius 1 is 1.29 bits per heavy atom. The van der Waals surface area contributed by atoms with Crippen molar-refractivity contribution in [3.8, 4) is 0 Å². The number of carbonyl (C=O) groups is 2. The molecule has 0 radical (unpaired) electrons. The lowest BCUT2D eigenvalue weighted by Gasteiger charge is -2.35. The van der Waals surface area contributed by atoms with Gasteiger partial charge in [-0.15, -0.1) is 0 Å². The van der Waals surface area contributed by atoms with Crippen LogP contribution in [-0.2, 0) is 16.1 Å². The number of likely N-dealkylation sites (tertiary alicyclic amines) is 1. The maximum atomic E-state index is 12.7. The molecule has 8 heteroatoms. The summed E-state index contributed by atoms with van der Waals surface area (Å²) in [6.45, 7) is 9.88. The summed E-state index contributed by atoms with van der Waals surface area (Å²) < 4.78 is 4.98. The van der Waals surface area contributed by atoms with Crippen molar-refractivity contribution in [3.05, 3.63) is 11.7 Å². The molecule has 2 amide bonds. The number of nitrogens with zero attached hydrogens (tertiary/aromatic N) is 5. The predicted molar refractivity (Wildman–Crippen MR) is 85.8 cm³/mol. The van der Waals surface area contributed by atoms with Crippen molar-refractivity contribution >= 4 is 11.8 Å². The van der Waals surface area contributed by atoms with Gasteiger partial charge in [-0.1, -0.05) is 5.16 Å². The average molecular weight is 335 g/mol. The lowest BCUT2D eigenvalue weighted by atomic mass is 10.1. The highest BCUT2D eigenvalue weighted by Gasteiger charge is 2.38. The van der Waals surface area contributed by atoms with E-state index in [9.17, 15) is 9.59 Å². The Hall–Kier alpha value is -1.96. The van der Waals surface area contributed by atoms with E-state index in [4.69, 9.17) is 4.52 Å². The average Bonchev–Trinajstić information content (AvgIpc) is 3.13. The second-order valence-electron chi connectivity index (χ2n) is 6.87. The van der Waals surface area contributed by atoms with Crippen molar-refractivity contribution in [3.63, 3.8) is 0 Å². The number of carbonyl (C=O) groups excluding carboxylic acids is 2. The van der Waals surface area contributed by atoms with Gasteiger partial charge in [0.25, 0.3) is 0 Å². The Bertz CT molecular complexity index is 607. The van der Waals surface area contributed by atoms with Crippen molar-refractivity contribution in [2.24, 2.45) is 5.92 Å². The Morgan fingerprint density at radius 3 is 2.54 bits per heavy atom. The molecule has 0 bridgehead atoms. The Balaban J connectivity index is 1.49. The van der Waals surface area contributed by atoms with E-state index in [1.165, 1.54) is 0 Å². The molecule has 2 saturated heterocycles. The maximum Gasteiger partial charge on any atom is 0.228 e. The highest BCUT2D eigenvalue weighted by molar-refractivity contribution is 5.89. The zero-order valence-electron chi connectivity index (χ0n) is 14.6. The minimum absolute atomic E-state index is 0.0921. The third-order valence-corrected chi connectivity index (χ3v) is 4.75. The van der Waals surface area contributed by atoms with Crippen LogP contribution in [0.1, 0.15) is 32.0 Å². The standard InChI is InChI=1S/C16H25N5O3/c1-11(2)21-9-13(8-15(21)22)16(23)20-6-4-19(5-7-20)10-14-17-12(3)24-18-14/h11,13H,4-10H2,1-3H3. The van der Waals surface area contributed by atoms with Crippen molar-refractivity contribution in [1.29, 1.82) is 0 Å². The molecule has 0 N–H and O–H groups in total. The minimum Gasteiger partial charge on any atom is -0.340 e. The van der Waals surface area contributed by atoms with Crippen LogP contribution in [0.4, 0.5) is 0 Å². The predicted octanol–water partition coefficient (Wildman–Crippen LogP) is 0.279. The molecule has 2 aliphatic rings. The first-order chi connectivity index (χ1) is 11.4. The van der Waals surface area contributed by atoms with E-state index in [0.717, 1.165) is 13.1 Å². The zero-order chi connectivity index (χ0) is 17.3. The zero-order valence-corrected chi connectivity index (χ0v) is 14.6. The lowest BCUT2D eigenvalue weighted by Crippen LogP contribution is -2.50. The summed E-state index contributed by atoms with van der Waals surface area (Å²) >= 11 is 0. The number of amides is 2. The molecule has 8 nitrogen and oxygen atoms in total. The van der Waals surface area contributed by atoms with Crippen molar-refractivity contribution in [2.45, 2.75) is 39.8 Å². The molecule has 1 unspecified atom stereocenters. The SMILES string of the molecule is Cc1nc(CN2CCN(C(=O)C3CC(=O)N(C(C)C)C3)CC2)no1. The highest BCUT2D eigenvalue weighted by atomic mass is 16.5. The first-order valence-corrected chi connectivity index (χ1v) is 8.54. The summed E-state index contributed by atoms with van der Waals surface area (Å²) in [7, 11) is 0. The van der Waals surface area contributed by atoms with E-state index in [2.05, 4.69) is 15.0 Å². The van der Waals surface area contributed by atoms with Crippen LogP contribution in [0.3, 0.4) is 0 Å². The molecule has 0 aliphatic carbocycles. The van der Waals surface area contributed by atoms with E-state index >= 15 is 0 Å². The number of rotatable bonds is 4. The molecule has 2 fully saturated rings. The summed E-state index contributed by atoms with van der Waals surface area (Å²) in [6.07, 6.45) is 0.347. The van der Waals surface area contributed by atoms with Gasteiger partial charge in [-0.05, 0) is 13.8 Å². The number of hydrogen-bond donors (Lipinski definition) is 0. The molecule has 24 heavy (non-hydrogen) atoms.